The summed E-state index contributed by atoms with van der Waals surface area (Å²) < 4.78 is 2.17. The van der Waals surface area contributed by atoms with E-state index in [2.05, 4.69) is 29.7 Å². The Labute approximate surface area is 104 Å². The first-order valence-electron chi connectivity index (χ1n) is 7.04. The lowest BCUT2D eigenvalue weighted by Gasteiger charge is -2.17. The van der Waals surface area contributed by atoms with E-state index in [1.165, 1.54) is 37.1 Å². The molecule has 0 saturated heterocycles. The standard InChI is InChI=1S/C14H25N3/c1-3-13-9-14(17(4-2)16-13)8-11-6-5-7-12(11)10-15/h9,11-12H,3-8,10,15H2,1-2H3. The fourth-order valence-electron chi connectivity index (χ4n) is 3.09. The molecule has 96 valence electrons. The zero-order valence-electron chi connectivity index (χ0n) is 11.2. The molecular weight excluding hydrogens is 210 g/mol. The van der Waals surface area contributed by atoms with Gasteiger partial charge in [0.15, 0.2) is 0 Å². The third-order valence-electron chi connectivity index (χ3n) is 4.17. The first-order valence-corrected chi connectivity index (χ1v) is 7.04. The Kier molecular flexibility index (Phi) is 4.21. The molecule has 17 heavy (non-hydrogen) atoms. The number of nitrogens with zero attached hydrogens (tertiary/aromatic N) is 2. The molecule has 2 unspecified atom stereocenters. The van der Waals surface area contributed by atoms with Crippen LogP contribution in [0.1, 0.15) is 44.5 Å². The molecule has 0 radical (unpaired) electrons. The van der Waals surface area contributed by atoms with Crippen molar-refractivity contribution in [1.29, 1.82) is 0 Å². The highest BCUT2D eigenvalue weighted by Crippen LogP contribution is 2.33. The molecule has 1 aliphatic carbocycles. The second-order valence-electron chi connectivity index (χ2n) is 5.19. The van der Waals surface area contributed by atoms with Crippen LogP contribution in [0.5, 0.6) is 0 Å². The van der Waals surface area contributed by atoms with Crippen LogP contribution in [0.4, 0.5) is 0 Å². The molecule has 1 aromatic heterocycles. The molecule has 0 amide bonds. The molecule has 1 aliphatic rings. The summed E-state index contributed by atoms with van der Waals surface area (Å²) in [7, 11) is 0. The zero-order chi connectivity index (χ0) is 12.3. The van der Waals surface area contributed by atoms with Gasteiger partial charge < -0.3 is 5.73 Å². The fourth-order valence-corrected chi connectivity index (χ4v) is 3.09. The zero-order valence-corrected chi connectivity index (χ0v) is 11.2. The molecule has 2 atom stereocenters. The summed E-state index contributed by atoms with van der Waals surface area (Å²) in [4.78, 5) is 0. The van der Waals surface area contributed by atoms with Crippen LogP contribution in [0.15, 0.2) is 6.07 Å². The number of rotatable bonds is 5. The van der Waals surface area contributed by atoms with Gasteiger partial charge in [-0.3, -0.25) is 4.68 Å². The van der Waals surface area contributed by atoms with Crippen molar-refractivity contribution in [1.82, 2.24) is 9.78 Å². The number of aromatic nitrogens is 2. The monoisotopic (exact) mass is 235 g/mol. The van der Waals surface area contributed by atoms with Gasteiger partial charge in [0, 0.05) is 12.2 Å². The molecule has 1 fully saturated rings. The van der Waals surface area contributed by atoms with Crippen LogP contribution >= 0.6 is 0 Å². The average Bonchev–Trinajstić information content (AvgIpc) is 2.95. The van der Waals surface area contributed by atoms with Crippen molar-refractivity contribution in [3.8, 4) is 0 Å². The van der Waals surface area contributed by atoms with Crippen molar-refractivity contribution in [2.24, 2.45) is 17.6 Å². The van der Waals surface area contributed by atoms with Crippen molar-refractivity contribution < 1.29 is 0 Å². The highest BCUT2D eigenvalue weighted by molar-refractivity contribution is 5.12. The second-order valence-corrected chi connectivity index (χ2v) is 5.19. The highest BCUT2D eigenvalue weighted by atomic mass is 15.3. The molecule has 0 aromatic carbocycles. The summed E-state index contributed by atoms with van der Waals surface area (Å²) in [5, 5.41) is 4.63. The van der Waals surface area contributed by atoms with E-state index in [4.69, 9.17) is 5.73 Å². The van der Waals surface area contributed by atoms with Crippen molar-refractivity contribution >= 4 is 0 Å². The first-order chi connectivity index (χ1) is 8.28. The molecule has 1 heterocycles. The maximum atomic E-state index is 5.86. The molecular formula is C14H25N3. The SMILES string of the molecule is CCc1cc(CC2CCCC2CN)n(CC)n1. The Hall–Kier alpha value is -0.830. The third-order valence-corrected chi connectivity index (χ3v) is 4.17. The quantitative estimate of drug-likeness (QED) is 0.851. The lowest BCUT2D eigenvalue weighted by atomic mass is 9.91. The van der Waals surface area contributed by atoms with E-state index < -0.39 is 0 Å². The lowest BCUT2D eigenvalue weighted by Crippen LogP contribution is -2.21. The minimum atomic E-state index is 0.736. The Bertz CT molecular complexity index is 356. The molecule has 2 rings (SSSR count). The third kappa shape index (κ3) is 2.71. The van der Waals surface area contributed by atoms with Gasteiger partial charge in [-0.25, -0.2) is 0 Å². The molecule has 0 aliphatic heterocycles. The number of aryl methyl sites for hydroxylation is 2. The lowest BCUT2D eigenvalue weighted by molar-refractivity contribution is 0.383. The Morgan fingerprint density at radius 3 is 2.76 bits per heavy atom. The largest absolute Gasteiger partial charge is 0.330 e. The van der Waals surface area contributed by atoms with Crippen LogP contribution in [0.3, 0.4) is 0 Å². The molecule has 3 nitrogen and oxygen atoms in total. The maximum absolute atomic E-state index is 5.86. The molecule has 1 saturated carbocycles. The van der Waals surface area contributed by atoms with E-state index in [9.17, 15) is 0 Å². The van der Waals surface area contributed by atoms with E-state index in [-0.39, 0.29) is 0 Å². The van der Waals surface area contributed by atoms with E-state index >= 15 is 0 Å². The van der Waals surface area contributed by atoms with E-state index in [0.29, 0.717) is 0 Å². The van der Waals surface area contributed by atoms with Gasteiger partial charge >= 0.3 is 0 Å². The second kappa shape index (κ2) is 5.67. The van der Waals surface area contributed by atoms with Crippen LogP contribution in [0.2, 0.25) is 0 Å². The van der Waals surface area contributed by atoms with E-state index in [0.717, 1.165) is 31.3 Å². The summed E-state index contributed by atoms with van der Waals surface area (Å²) in [5.41, 5.74) is 8.50. The molecule has 0 spiro atoms. The molecule has 0 bridgehead atoms. The van der Waals surface area contributed by atoms with E-state index in [1.54, 1.807) is 0 Å². The summed E-state index contributed by atoms with van der Waals surface area (Å²) >= 11 is 0. The van der Waals surface area contributed by atoms with Gasteiger partial charge in [0.25, 0.3) is 0 Å². The van der Waals surface area contributed by atoms with Crippen LogP contribution in [0.25, 0.3) is 0 Å². The number of hydrogen-bond acceptors (Lipinski definition) is 2. The fraction of sp³-hybridized carbons (Fsp3) is 0.786. The minimum Gasteiger partial charge on any atom is -0.330 e. The number of nitrogens with two attached hydrogens (primary N) is 1. The van der Waals surface area contributed by atoms with Crippen molar-refractivity contribution in [3.63, 3.8) is 0 Å². The highest BCUT2D eigenvalue weighted by Gasteiger charge is 2.27. The van der Waals surface area contributed by atoms with Gasteiger partial charge in [-0.2, -0.15) is 5.10 Å². The van der Waals surface area contributed by atoms with Gasteiger partial charge in [0.1, 0.15) is 0 Å². The topological polar surface area (TPSA) is 43.8 Å². The van der Waals surface area contributed by atoms with Crippen LogP contribution in [0, 0.1) is 11.8 Å². The maximum Gasteiger partial charge on any atom is 0.0624 e. The van der Waals surface area contributed by atoms with Gasteiger partial charge in [-0.15, -0.1) is 0 Å². The van der Waals surface area contributed by atoms with Gasteiger partial charge in [-0.05, 0) is 57.1 Å². The minimum absolute atomic E-state index is 0.736. The summed E-state index contributed by atoms with van der Waals surface area (Å²) in [6.45, 7) is 6.18. The normalized spacial score (nSPS) is 24.4. The number of hydrogen-bond donors (Lipinski definition) is 1. The Morgan fingerprint density at radius 2 is 2.12 bits per heavy atom. The van der Waals surface area contributed by atoms with Crippen molar-refractivity contribution in [3.05, 3.63) is 17.5 Å². The Balaban J connectivity index is 2.09. The summed E-state index contributed by atoms with van der Waals surface area (Å²) in [6, 6.07) is 2.29. The average molecular weight is 235 g/mol. The van der Waals surface area contributed by atoms with Crippen molar-refractivity contribution in [2.45, 2.75) is 52.5 Å². The van der Waals surface area contributed by atoms with E-state index in [1.807, 2.05) is 0 Å². The van der Waals surface area contributed by atoms with Crippen LogP contribution in [-0.4, -0.2) is 16.3 Å². The molecule has 1 aromatic rings. The van der Waals surface area contributed by atoms with Gasteiger partial charge in [0.2, 0.25) is 0 Å². The van der Waals surface area contributed by atoms with Crippen LogP contribution in [-0.2, 0) is 19.4 Å². The van der Waals surface area contributed by atoms with Gasteiger partial charge in [-0.1, -0.05) is 13.3 Å². The predicted molar refractivity (Wildman–Crippen MR) is 70.9 cm³/mol. The van der Waals surface area contributed by atoms with Gasteiger partial charge in [0.05, 0.1) is 5.69 Å². The van der Waals surface area contributed by atoms with Crippen molar-refractivity contribution in [2.75, 3.05) is 6.54 Å². The van der Waals surface area contributed by atoms with Crippen LogP contribution < -0.4 is 5.73 Å². The Morgan fingerprint density at radius 1 is 1.35 bits per heavy atom. The predicted octanol–water partition coefficient (Wildman–Crippen LogP) is 2.38. The molecule has 2 N–H and O–H groups in total. The summed E-state index contributed by atoms with van der Waals surface area (Å²) in [5.74, 6) is 1.52. The summed E-state index contributed by atoms with van der Waals surface area (Å²) in [6.07, 6.45) is 6.22. The molecule has 3 heteroatoms. The first kappa shape index (κ1) is 12.6. The smallest absolute Gasteiger partial charge is 0.0624 e.